The number of benzene rings is 2. The van der Waals surface area contributed by atoms with Crippen LogP contribution in [-0.4, -0.2) is 31.9 Å². The molecule has 0 saturated carbocycles. The lowest BCUT2D eigenvalue weighted by atomic mass is 9.88. The summed E-state index contributed by atoms with van der Waals surface area (Å²) < 4.78 is 119. The molecule has 2 aromatic carbocycles. The standard InChI is InChI=1S/C19H16F7NO3S/c1-11-2-3-12-10-13(17(28,18(21,22)23)19(24,25)26)4-9-16(12)27(11)31(29,30)15-7-5-14(20)6-8-15/h4-11,28H,2-3H2,1H3. The van der Waals surface area contributed by atoms with Gasteiger partial charge in [0.1, 0.15) is 5.82 Å². The van der Waals surface area contributed by atoms with Crippen molar-refractivity contribution >= 4 is 15.7 Å². The lowest BCUT2D eigenvalue weighted by Gasteiger charge is -2.38. The highest BCUT2D eigenvalue weighted by molar-refractivity contribution is 7.92. The van der Waals surface area contributed by atoms with Gasteiger partial charge in [-0.1, -0.05) is 12.1 Å². The lowest BCUT2D eigenvalue weighted by Crippen LogP contribution is -2.54. The maximum atomic E-state index is 13.2. The third-order valence-corrected chi connectivity index (χ3v) is 7.10. The van der Waals surface area contributed by atoms with Crippen LogP contribution in [0.4, 0.5) is 36.4 Å². The topological polar surface area (TPSA) is 57.6 Å². The fourth-order valence-corrected chi connectivity index (χ4v) is 5.24. The van der Waals surface area contributed by atoms with Crippen LogP contribution in [0, 0.1) is 5.82 Å². The molecule has 0 saturated heterocycles. The highest BCUT2D eigenvalue weighted by Crippen LogP contribution is 2.51. The van der Waals surface area contributed by atoms with Gasteiger partial charge in [-0.15, -0.1) is 0 Å². The summed E-state index contributed by atoms with van der Waals surface area (Å²) >= 11 is 0. The van der Waals surface area contributed by atoms with Crippen LogP contribution < -0.4 is 4.31 Å². The molecule has 0 fully saturated rings. The molecule has 4 nitrogen and oxygen atoms in total. The molecule has 0 spiro atoms. The summed E-state index contributed by atoms with van der Waals surface area (Å²) in [7, 11) is -4.29. The van der Waals surface area contributed by atoms with E-state index in [1.807, 2.05) is 0 Å². The average molecular weight is 471 g/mol. The maximum Gasteiger partial charge on any atom is 0.430 e. The first-order valence-electron chi connectivity index (χ1n) is 8.90. The van der Waals surface area contributed by atoms with E-state index in [2.05, 4.69) is 0 Å². The second kappa shape index (κ2) is 7.37. The predicted molar refractivity (Wildman–Crippen MR) is 96.3 cm³/mol. The summed E-state index contributed by atoms with van der Waals surface area (Å²) in [5.41, 5.74) is -6.79. The normalized spacial score (nSPS) is 18.1. The molecule has 0 aliphatic carbocycles. The van der Waals surface area contributed by atoms with Crippen molar-refractivity contribution in [1.82, 2.24) is 0 Å². The van der Waals surface area contributed by atoms with Gasteiger partial charge in [-0.25, -0.2) is 12.8 Å². The quantitative estimate of drug-likeness (QED) is 0.663. The Morgan fingerprint density at radius 1 is 0.968 bits per heavy atom. The molecule has 1 N–H and O–H groups in total. The minimum absolute atomic E-state index is 0.00836. The first kappa shape index (κ1) is 23.3. The molecule has 2 aromatic rings. The van der Waals surface area contributed by atoms with Gasteiger partial charge in [0, 0.05) is 11.6 Å². The number of sulfonamides is 1. The summed E-state index contributed by atoms with van der Waals surface area (Å²) in [5, 5.41) is 9.62. The molecule has 31 heavy (non-hydrogen) atoms. The van der Waals surface area contributed by atoms with Gasteiger partial charge < -0.3 is 5.11 Å². The summed E-state index contributed by atoms with van der Waals surface area (Å²) in [4.78, 5) is -0.292. The second-order valence-corrected chi connectivity index (χ2v) is 9.01. The van der Waals surface area contributed by atoms with Crippen molar-refractivity contribution in [1.29, 1.82) is 0 Å². The Hall–Kier alpha value is -2.34. The molecule has 170 valence electrons. The molecule has 1 unspecified atom stereocenters. The Morgan fingerprint density at radius 3 is 2.03 bits per heavy atom. The van der Waals surface area contributed by atoms with Crippen molar-refractivity contribution in [3.05, 3.63) is 59.4 Å². The zero-order valence-corrected chi connectivity index (χ0v) is 16.6. The Kier molecular flexibility index (Phi) is 5.54. The molecule has 1 heterocycles. The fraction of sp³-hybridized carbons (Fsp3) is 0.368. The van der Waals surface area contributed by atoms with Crippen LogP contribution in [0.1, 0.15) is 24.5 Å². The van der Waals surface area contributed by atoms with Gasteiger partial charge in [-0.2, -0.15) is 26.3 Å². The number of halogens is 7. The molecule has 1 atom stereocenters. The number of fused-ring (bicyclic) bond motifs is 1. The maximum absolute atomic E-state index is 13.2. The van der Waals surface area contributed by atoms with Crippen LogP contribution in [-0.2, 0) is 22.0 Å². The number of anilines is 1. The van der Waals surface area contributed by atoms with Crippen molar-refractivity contribution < 1.29 is 44.3 Å². The SMILES string of the molecule is CC1CCc2cc(C(O)(C(F)(F)F)C(F)(F)F)ccc2N1S(=O)(=O)c1ccc(F)cc1. The van der Waals surface area contributed by atoms with Gasteiger partial charge in [-0.3, -0.25) is 4.31 Å². The van der Waals surface area contributed by atoms with E-state index in [-0.39, 0.29) is 29.0 Å². The number of rotatable bonds is 3. The van der Waals surface area contributed by atoms with Crippen LogP contribution in [0.3, 0.4) is 0 Å². The lowest BCUT2D eigenvalue weighted by molar-refractivity contribution is -0.376. The van der Waals surface area contributed by atoms with Gasteiger partial charge in [0.05, 0.1) is 10.6 Å². The van der Waals surface area contributed by atoms with E-state index in [9.17, 15) is 44.3 Å². The number of hydrogen-bond acceptors (Lipinski definition) is 3. The van der Waals surface area contributed by atoms with E-state index in [4.69, 9.17) is 0 Å². The summed E-state index contributed by atoms with van der Waals surface area (Å²) in [5.74, 6) is -0.686. The minimum atomic E-state index is -6.05. The number of nitrogens with zero attached hydrogens (tertiary/aromatic N) is 1. The van der Waals surface area contributed by atoms with Gasteiger partial charge in [0.2, 0.25) is 0 Å². The van der Waals surface area contributed by atoms with Crippen molar-refractivity contribution in [2.24, 2.45) is 0 Å². The third kappa shape index (κ3) is 3.75. The number of aliphatic hydroxyl groups is 1. The zero-order valence-electron chi connectivity index (χ0n) is 15.8. The minimum Gasteiger partial charge on any atom is -0.369 e. The van der Waals surface area contributed by atoms with Crippen molar-refractivity contribution in [2.75, 3.05) is 4.31 Å². The van der Waals surface area contributed by atoms with Crippen LogP contribution >= 0.6 is 0 Å². The molecule has 0 bridgehead atoms. The smallest absolute Gasteiger partial charge is 0.369 e. The first-order chi connectivity index (χ1) is 14.1. The Balaban J connectivity index is 2.15. The molecule has 12 heteroatoms. The Morgan fingerprint density at radius 2 is 1.52 bits per heavy atom. The van der Waals surface area contributed by atoms with Crippen LogP contribution in [0.5, 0.6) is 0 Å². The zero-order chi connectivity index (χ0) is 23.4. The van der Waals surface area contributed by atoms with E-state index in [0.717, 1.165) is 34.6 Å². The summed E-state index contributed by atoms with van der Waals surface area (Å²) in [6, 6.07) is 4.91. The fourth-order valence-electron chi connectivity index (χ4n) is 3.52. The van der Waals surface area contributed by atoms with E-state index in [1.165, 1.54) is 6.92 Å². The van der Waals surface area contributed by atoms with E-state index in [1.54, 1.807) is 0 Å². The number of hydrogen-bond donors (Lipinski definition) is 1. The van der Waals surface area contributed by atoms with Crippen LogP contribution in [0.25, 0.3) is 0 Å². The number of alkyl halides is 6. The molecule has 1 aliphatic rings. The largest absolute Gasteiger partial charge is 0.430 e. The van der Waals surface area contributed by atoms with Crippen molar-refractivity contribution in [3.8, 4) is 0 Å². The van der Waals surface area contributed by atoms with Gasteiger partial charge in [0.25, 0.3) is 15.6 Å². The molecular formula is C19H16F7NO3S. The molecule has 0 radical (unpaired) electrons. The van der Waals surface area contributed by atoms with Gasteiger partial charge in [-0.05, 0) is 55.7 Å². The molecular weight excluding hydrogens is 455 g/mol. The summed E-state index contributed by atoms with van der Waals surface area (Å²) in [6.07, 6.45) is -12.0. The molecule has 0 aromatic heterocycles. The molecule has 1 aliphatic heterocycles. The van der Waals surface area contributed by atoms with Crippen LogP contribution in [0.15, 0.2) is 47.4 Å². The third-order valence-electron chi connectivity index (χ3n) is 5.16. The van der Waals surface area contributed by atoms with E-state index >= 15 is 0 Å². The first-order valence-corrected chi connectivity index (χ1v) is 10.3. The average Bonchev–Trinajstić information content (AvgIpc) is 2.65. The second-order valence-electron chi connectivity index (χ2n) is 7.19. The van der Waals surface area contributed by atoms with E-state index in [0.29, 0.717) is 12.1 Å². The highest BCUT2D eigenvalue weighted by atomic mass is 32.2. The van der Waals surface area contributed by atoms with Crippen molar-refractivity contribution in [3.63, 3.8) is 0 Å². The van der Waals surface area contributed by atoms with Crippen molar-refractivity contribution in [2.45, 2.75) is 48.7 Å². The Bertz CT molecular complexity index is 1070. The molecule has 0 amide bonds. The Labute approximate surface area is 173 Å². The monoisotopic (exact) mass is 471 g/mol. The van der Waals surface area contributed by atoms with Gasteiger partial charge in [0.15, 0.2) is 0 Å². The predicted octanol–water partition coefficient (Wildman–Crippen LogP) is 4.67. The highest BCUT2D eigenvalue weighted by Gasteiger charge is 2.71. The van der Waals surface area contributed by atoms with E-state index < -0.39 is 45.4 Å². The van der Waals surface area contributed by atoms with Crippen LogP contribution in [0.2, 0.25) is 0 Å². The van der Waals surface area contributed by atoms with Gasteiger partial charge >= 0.3 is 12.4 Å². The number of aryl methyl sites for hydroxylation is 1. The summed E-state index contributed by atoms with van der Waals surface area (Å²) in [6.45, 7) is 1.53. The molecule has 3 rings (SSSR count).